The highest BCUT2D eigenvalue weighted by atomic mass is 16.3. The van der Waals surface area contributed by atoms with Crippen LogP contribution in [0.1, 0.15) is 51.0 Å². The molecule has 0 saturated carbocycles. The molecule has 0 aromatic carbocycles. The molecule has 1 aromatic heterocycles. The molecule has 0 spiro atoms. The summed E-state index contributed by atoms with van der Waals surface area (Å²) in [6.07, 6.45) is 4.75. The fourth-order valence-electron chi connectivity index (χ4n) is 2.23. The van der Waals surface area contributed by atoms with Crippen LogP contribution >= 0.6 is 0 Å². The lowest BCUT2D eigenvalue weighted by atomic mass is 9.93. The molecular formula is C14H22N2O2. The van der Waals surface area contributed by atoms with Gasteiger partial charge in [0.2, 0.25) is 5.91 Å². The second-order valence-corrected chi connectivity index (χ2v) is 5.92. The predicted octanol–water partition coefficient (Wildman–Crippen LogP) is 2.16. The van der Waals surface area contributed by atoms with Gasteiger partial charge in [-0.2, -0.15) is 0 Å². The van der Waals surface area contributed by atoms with E-state index < -0.39 is 0 Å². The Morgan fingerprint density at radius 3 is 3.00 bits per heavy atom. The Morgan fingerprint density at radius 1 is 1.50 bits per heavy atom. The zero-order valence-corrected chi connectivity index (χ0v) is 11.4. The first kappa shape index (κ1) is 13.1. The summed E-state index contributed by atoms with van der Waals surface area (Å²) in [5.41, 5.74) is 1.11. The Labute approximate surface area is 108 Å². The smallest absolute Gasteiger partial charge is 0.234 e. The van der Waals surface area contributed by atoms with Crippen LogP contribution in [0.15, 0.2) is 16.7 Å². The largest absolute Gasteiger partial charge is 0.469 e. The number of carbonyl (C=O) groups excluding carboxylic acids is 1. The molecule has 2 rings (SSSR count). The van der Waals surface area contributed by atoms with Crippen molar-refractivity contribution in [3.05, 3.63) is 23.7 Å². The number of nitrogens with one attached hydrogen (secondary N) is 2. The normalized spacial score (nSPS) is 19.4. The molecule has 1 atom stereocenters. The third-order valence-electron chi connectivity index (χ3n) is 3.17. The van der Waals surface area contributed by atoms with E-state index in [-0.39, 0.29) is 17.5 Å². The van der Waals surface area contributed by atoms with Crippen LogP contribution in [0.2, 0.25) is 0 Å². The summed E-state index contributed by atoms with van der Waals surface area (Å²) >= 11 is 0. The minimum atomic E-state index is -0.0370. The lowest BCUT2D eigenvalue weighted by Crippen LogP contribution is -2.44. The molecule has 2 N–H and O–H groups in total. The number of hydrogen-bond donors (Lipinski definition) is 2. The first-order chi connectivity index (χ1) is 8.46. The Hall–Kier alpha value is -1.29. The van der Waals surface area contributed by atoms with Gasteiger partial charge in [0.15, 0.2) is 0 Å². The lowest BCUT2D eigenvalue weighted by molar-refractivity contribution is -0.121. The van der Waals surface area contributed by atoms with E-state index in [2.05, 4.69) is 31.4 Å². The van der Waals surface area contributed by atoms with Gasteiger partial charge in [-0.15, -0.1) is 0 Å². The van der Waals surface area contributed by atoms with E-state index in [1.807, 2.05) is 6.07 Å². The Bertz CT molecular complexity index is 418. The number of hydrogen-bond acceptors (Lipinski definition) is 3. The van der Waals surface area contributed by atoms with E-state index in [4.69, 9.17) is 4.42 Å². The van der Waals surface area contributed by atoms with Crippen LogP contribution in [0.3, 0.4) is 0 Å². The van der Waals surface area contributed by atoms with Crippen molar-refractivity contribution in [1.82, 2.24) is 10.6 Å². The van der Waals surface area contributed by atoms with Gasteiger partial charge in [0.05, 0.1) is 18.8 Å². The van der Waals surface area contributed by atoms with Crippen molar-refractivity contribution < 1.29 is 9.21 Å². The van der Waals surface area contributed by atoms with E-state index in [1.165, 1.54) is 0 Å². The Kier molecular flexibility index (Phi) is 3.76. The van der Waals surface area contributed by atoms with E-state index in [9.17, 15) is 4.79 Å². The highest BCUT2D eigenvalue weighted by Crippen LogP contribution is 2.30. The molecule has 18 heavy (non-hydrogen) atoms. The quantitative estimate of drug-likeness (QED) is 0.864. The monoisotopic (exact) mass is 250 g/mol. The van der Waals surface area contributed by atoms with Crippen molar-refractivity contribution >= 4 is 5.91 Å². The van der Waals surface area contributed by atoms with Crippen LogP contribution < -0.4 is 10.6 Å². The summed E-state index contributed by atoms with van der Waals surface area (Å²) in [4.78, 5) is 11.9. The van der Waals surface area contributed by atoms with Crippen LogP contribution in [0.5, 0.6) is 0 Å². The summed E-state index contributed by atoms with van der Waals surface area (Å²) in [6, 6.07) is 2.08. The lowest BCUT2D eigenvalue weighted by Gasteiger charge is -2.24. The Balaban J connectivity index is 1.90. The third-order valence-corrected chi connectivity index (χ3v) is 3.17. The van der Waals surface area contributed by atoms with Gasteiger partial charge in [-0.05, 0) is 39.7 Å². The highest BCUT2D eigenvalue weighted by molar-refractivity contribution is 5.78. The summed E-state index contributed by atoms with van der Waals surface area (Å²) in [5, 5.41) is 6.27. The summed E-state index contributed by atoms with van der Waals surface area (Å²) in [6.45, 7) is 6.51. The standard InChI is InChI=1S/C14H22N2O2/c1-14(2,3)15-9-13(17)16-11-5-4-6-12-10(11)7-8-18-12/h7-8,11,15H,4-6,9H2,1-3H3,(H,16,17). The number of amides is 1. The van der Waals surface area contributed by atoms with Gasteiger partial charge in [-0.1, -0.05) is 0 Å². The second-order valence-electron chi connectivity index (χ2n) is 5.92. The maximum atomic E-state index is 11.9. The molecular weight excluding hydrogens is 228 g/mol. The molecule has 1 aromatic rings. The Morgan fingerprint density at radius 2 is 2.28 bits per heavy atom. The molecule has 1 amide bonds. The van der Waals surface area contributed by atoms with Crippen molar-refractivity contribution in [1.29, 1.82) is 0 Å². The number of furan rings is 1. The molecule has 0 radical (unpaired) electrons. The highest BCUT2D eigenvalue weighted by Gasteiger charge is 2.24. The average Bonchev–Trinajstić information content (AvgIpc) is 2.74. The van der Waals surface area contributed by atoms with Gasteiger partial charge in [-0.3, -0.25) is 4.79 Å². The molecule has 0 saturated heterocycles. The van der Waals surface area contributed by atoms with E-state index in [1.54, 1.807) is 6.26 Å². The van der Waals surface area contributed by atoms with Gasteiger partial charge in [0, 0.05) is 17.5 Å². The molecule has 0 bridgehead atoms. The first-order valence-corrected chi connectivity index (χ1v) is 6.56. The van der Waals surface area contributed by atoms with Gasteiger partial charge in [-0.25, -0.2) is 0 Å². The topological polar surface area (TPSA) is 54.3 Å². The summed E-state index contributed by atoms with van der Waals surface area (Å²) < 4.78 is 5.42. The molecule has 4 heteroatoms. The molecule has 4 nitrogen and oxygen atoms in total. The maximum Gasteiger partial charge on any atom is 0.234 e. The molecule has 0 fully saturated rings. The molecule has 100 valence electrons. The van der Waals surface area contributed by atoms with E-state index >= 15 is 0 Å². The van der Waals surface area contributed by atoms with Crippen molar-refractivity contribution in [3.63, 3.8) is 0 Å². The van der Waals surface area contributed by atoms with Gasteiger partial charge < -0.3 is 15.1 Å². The van der Waals surface area contributed by atoms with Crippen LogP contribution in [0.4, 0.5) is 0 Å². The first-order valence-electron chi connectivity index (χ1n) is 6.56. The minimum Gasteiger partial charge on any atom is -0.469 e. The van der Waals surface area contributed by atoms with Crippen LogP contribution in [-0.4, -0.2) is 18.0 Å². The second kappa shape index (κ2) is 5.14. The van der Waals surface area contributed by atoms with Crippen molar-refractivity contribution in [2.45, 2.75) is 51.6 Å². The molecule has 0 aliphatic heterocycles. The van der Waals surface area contributed by atoms with E-state index in [0.29, 0.717) is 6.54 Å². The number of aryl methyl sites for hydroxylation is 1. The van der Waals surface area contributed by atoms with Crippen LogP contribution in [0.25, 0.3) is 0 Å². The zero-order chi connectivity index (χ0) is 13.2. The third kappa shape index (κ3) is 3.35. The number of carbonyl (C=O) groups is 1. The molecule has 1 aliphatic rings. The molecule has 1 heterocycles. The fourth-order valence-corrected chi connectivity index (χ4v) is 2.23. The van der Waals surface area contributed by atoms with Crippen LogP contribution in [0, 0.1) is 0 Å². The minimum absolute atomic E-state index is 0.0370. The van der Waals surface area contributed by atoms with Crippen molar-refractivity contribution in [2.24, 2.45) is 0 Å². The molecule has 1 unspecified atom stereocenters. The number of fused-ring (bicyclic) bond motifs is 1. The van der Waals surface area contributed by atoms with Crippen LogP contribution in [-0.2, 0) is 11.2 Å². The van der Waals surface area contributed by atoms with E-state index in [0.717, 1.165) is 30.6 Å². The maximum absolute atomic E-state index is 11.9. The predicted molar refractivity (Wildman–Crippen MR) is 70.3 cm³/mol. The van der Waals surface area contributed by atoms with Gasteiger partial charge in [0.25, 0.3) is 0 Å². The molecule has 1 aliphatic carbocycles. The SMILES string of the molecule is CC(C)(C)NCC(=O)NC1CCCc2occc21. The van der Waals surface area contributed by atoms with Gasteiger partial charge in [0.1, 0.15) is 5.76 Å². The van der Waals surface area contributed by atoms with Crippen molar-refractivity contribution in [2.75, 3.05) is 6.54 Å². The fraction of sp³-hybridized carbons (Fsp3) is 0.643. The summed E-state index contributed by atoms with van der Waals surface area (Å²) in [5.74, 6) is 1.07. The zero-order valence-electron chi connectivity index (χ0n) is 11.4. The average molecular weight is 250 g/mol. The number of rotatable bonds is 3. The summed E-state index contributed by atoms with van der Waals surface area (Å²) in [7, 11) is 0. The van der Waals surface area contributed by atoms with Crippen molar-refractivity contribution in [3.8, 4) is 0 Å². The van der Waals surface area contributed by atoms with Gasteiger partial charge >= 0.3 is 0 Å².